The summed E-state index contributed by atoms with van der Waals surface area (Å²) in [4.78, 5) is 26.8. The van der Waals surface area contributed by atoms with Crippen LogP contribution in [0, 0.1) is 0 Å². The molecule has 156 valence electrons. The van der Waals surface area contributed by atoms with E-state index in [9.17, 15) is 9.59 Å². The summed E-state index contributed by atoms with van der Waals surface area (Å²) in [6.45, 7) is 4.04. The van der Waals surface area contributed by atoms with E-state index in [1.807, 2.05) is 31.2 Å². The van der Waals surface area contributed by atoms with Crippen molar-refractivity contribution >= 4 is 39.3 Å². The van der Waals surface area contributed by atoms with Crippen molar-refractivity contribution in [1.82, 2.24) is 10.2 Å². The Morgan fingerprint density at radius 3 is 2.48 bits per heavy atom. The van der Waals surface area contributed by atoms with E-state index < -0.39 is 6.04 Å². The summed E-state index contributed by atoms with van der Waals surface area (Å²) in [6, 6.07) is 11.8. The van der Waals surface area contributed by atoms with Crippen LogP contribution in [-0.2, 0) is 16.1 Å². The molecule has 0 fully saturated rings. The van der Waals surface area contributed by atoms with Gasteiger partial charge in [0.1, 0.15) is 17.5 Å². The van der Waals surface area contributed by atoms with Crippen molar-refractivity contribution in [3.05, 3.63) is 57.5 Å². The molecule has 1 N–H and O–H groups in total. The topological polar surface area (TPSA) is 67.9 Å². The molecule has 6 nitrogen and oxygen atoms in total. The zero-order chi connectivity index (χ0) is 21.4. The summed E-state index contributed by atoms with van der Waals surface area (Å²) in [5.74, 6) is 0.574. The minimum absolute atomic E-state index is 0.226. The predicted molar refractivity (Wildman–Crippen MR) is 116 cm³/mol. The number of hydrogen-bond donors (Lipinski definition) is 1. The maximum atomic E-state index is 12.9. The third-order valence-corrected chi connectivity index (χ3v) is 5.06. The van der Waals surface area contributed by atoms with Gasteiger partial charge in [0.05, 0.1) is 12.1 Å². The van der Waals surface area contributed by atoms with Gasteiger partial charge in [-0.15, -0.1) is 0 Å². The number of methoxy groups -OCH3 is 1. The number of carbonyl (C=O) groups is 2. The Labute approximate surface area is 184 Å². The Morgan fingerprint density at radius 2 is 1.90 bits per heavy atom. The molecular formula is C21H24BrClN2O4. The van der Waals surface area contributed by atoms with Crippen LogP contribution in [0.25, 0.3) is 0 Å². The molecule has 0 saturated carbocycles. The summed E-state index contributed by atoms with van der Waals surface area (Å²) in [5.41, 5.74) is 0.872. The fraction of sp³-hybridized carbons (Fsp3) is 0.333. The number of rotatable bonds is 9. The first-order chi connectivity index (χ1) is 13.8. The van der Waals surface area contributed by atoms with Gasteiger partial charge in [0.15, 0.2) is 6.61 Å². The molecule has 0 aromatic heterocycles. The molecule has 0 bridgehead atoms. The average Bonchev–Trinajstić information content (AvgIpc) is 2.71. The molecule has 2 amide bonds. The monoisotopic (exact) mass is 482 g/mol. The van der Waals surface area contributed by atoms with Gasteiger partial charge in [-0.3, -0.25) is 9.59 Å². The lowest BCUT2D eigenvalue weighted by Gasteiger charge is -2.28. The third-order valence-electron chi connectivity index (χ3n) is 4.28. The van der Waals surface area contributed by atoms with Crippen molar-refractivity contribution in [1.29, 1.82) is 0 Å². The van der Waals surface area contributed by atoms with Gasteiger partial charge >= 0.3 is 0 Å². The van der Waals surface area contributed by atoms with E-state index in [0.717, 1.165) is 15.8 Å². The smallest absolute Gasteiger partial charge is 0.261 e. The molecule has 0 radical (unpaired) electrons. The highest BCUT2D eigenvalue weighted by molar-refractivity contribution is 9.10. The summed E-state index contributed by atoms with van der Waals surface area (Å²) >= 11 is 9.48. The van der Waals surface area contributed by atoms with Crippen molar-refractivity contribution in [3.8, 4) is 11.5 Å². The molecule has 2 rings (SSSR count). The Balaban J connectivity index is 2.15. The van der Waals surface area contributed by atoms with Crippen LogP contribution in [0.2, 0.25) is 5.02 Å². The van der Waals surface area contributed by atoms with E-state index in [-0.39, 0.29) is 25.0 Å². The lowest BCUT2D eigenvalue weighted by Crippen LogP contribution is -2.49. The van der Waals surface area contributed by atoms with Crippen LogP contribution in [-0.4, -0.2) is 43.0 Å². The Bertz CT molecular complexity index is 845. The number of carbonyl (C=O) groups excluding carboxylic acids is 2. The number of likely N-dealkylation sites (N-methyl/N-ethyl adjacent to an activating group) is 1. The van der Waals surface area contributed by atoms with E-state index in [0.29, 0.717) is 17.3 Å². The molecule has 2 aromatic carbocycles. The Hall–Kier alpha value is -2.25. The minimum Gasteiger partial charge on any atom is -0.497 e. The van der Waals surface area contributed by atoms with Crippen LogP contribution in [0.1, 0.15) is 19.4 Å². The second-order valence-electron chi connectivity index (χ2n) is 6.30. The molecule has 29 heavy (non-hydrogen) atoms. The fourth-order valence-electron chi connectivity index (χ4n) is 2.65. The van der Waals surface area contributed by atoms with Crippen molar-refractivity contribution in [2.45, 2.75) is 26.4 Å². The van der Waals surface area contributed by atoms with Crippen molar-refractivity contribution < 1.29 is 19.1 Å². The maximum Gasteiger partial charge on any atom is 0.261 e. The number of hydrogen-bond acceptors (Lipinski definition) is 4. The molecule has 0 aliphatic rings. The predicted octanol–water partition coefficient (Wildman–Crippen LogP) is 4.04. The average molecular weight is 484 g/mol. The quantitative estimate of drug-likeness (QED) is 0.584. The molecule has 0 aliphatic carbocycles. The highest BCUT2D eigenvalue weighted by atomic mass is 79.9. The van der Waals surface area contributed by atoms with Crippen LogP contribution in [0.4, 0.5) is 0 Å². The largest absolute Gasteiger partial charge is 0.497 e. The van der Waals surface area contributed by atoms with E-state index >= 15 is 0 Å². The lowest BCUT2D eigenvalue weighted by atomic mass is 10.1. The molecule has 2 aromatic rings. The van der Waals surface area contributed by atoms with E-state index in [1.54, 1.807) is 32.2 Å². The van der Waals surface area contributed by atoms with Crippen LogP contribution < -0.4 is 14.8 Å². The van der Waals surface area contributed by atoms with Crippen LogP contribution in [0.5, 0.6) is 11.5 Å². The highest BCUT2D eigenvalue weighted by Crippen LogP contribution is 2.27. The molecular weight excluding hydrogens is 460 g/mol. The van der Waals surface area contributed by atoms with E-state index in [4.69, 9.17) is 21.1 Å². The van der Waals surface area contributed by atoms with E-state index in [2.05, 4.69) is 21.2 Å². The van der Waals surface area contributed by atoms with Crippen LogP contribution in [0.3, 0.4) is 0 Å². The van der Waals surface area contributed by atoms with Crippen molar-refractivity contribution in [2.75, 3.05) is 20.3 Å². The first-order valence-electron chi connectivity index (χ1n) is 9.13. The van der Waals surface area contributed by atoms with Gasteiger partial charge in [-0.25, -0.2) is 0 Å². The van der Waals surface area contributed by atoms with Crippen LogP contribution >= 0.6 is 27.5 Å². The first kappa shape index (κ1) is 23.0. The number of nitrogens with one attached hydrogen (secondary N) is 1. The molecule has 8 heteroatoms. The van der Waals surface area contributed by atoms with Crippen molar-refractivity contribution in [3.63, 3.8) is 0 Å². The maximum absolute atomic E-state index is 12.9. The number of ether oxygens (including phenoxy) is 2. The summed E-state index contributed by atoms with van der Waals surface area (Å²) < 4.78 is 11.6. The highest BCUT2D eigenvalue weighted by Gasteiger charge is 2.26. The van der Waals surface area contributed by atoms with Crippen LogP contribution in [0.15, 0.2) is 46.9 Å². The van der Waals surface area contributed by atoms with E-state index in [1.165, 1.54) is 4.90 Å². The molecule has 1 atom stereocenters. The Kier molecular flexibility index (Phi) is 8.79. The molecule has 0 saturated heterocycles. The summed E-state index contributed by atoms with van der Waals surface area (Å²) in [6.07, 6.45) is 0. The molecule has 0 spiro atoms. The zero-order valence-electron chi connectivity index (χ0n) is 16.6. The standard InChI is InChI=1S/C21H24BrClN2O4/c1-4-24-21(27)14(2)25(12-15-5-8-17(28-3)9-6-15)20(26)13-29-19-10-7-16(22)11-18(19)23/h5-11,14H,4,12-13H2,1-3H3,(H,24,27). The normalized spacial score (nSPS) is 11.5. The SMILES string of the molecule is CCNC(=O)C(C)N(Cc1ccc(OC)cc1)C(=O)COc1ccc(Br)cc1Cl. The van der Waals surface area contributed by atoms with Gasteiger partial charge < -0.3 is 19.7 Å². The van der Waals surface area contributed by atoms with Gasteiger partial charge in [0, 0.05) is 17.6 Å². The molecule has 1 unspecified atom stereocenters. The van der Waals surface area contributed by atoms with Crippen molar-refractivity contribution in [2.24, 2.45) is 0 Å². The lowest BCUT2D eigenvalue weighted by molar-refractivity contribution is -0.142. The number of benzene rings is 2. The number of nitrogens with zero attached hydrogens (tertiary/aromatic N) is 1. The molecule has 0 aliphatic heterocycles. The van der Waals surface area contributed by atoms with Gasteiger partial charge in [-0.2, -0.15) is 0 Å². The minimum atomic E-state index is -0.659. The third kappa shape index (κ3) is 6.65. The number of halogens is 2. The van der Waals surface area contributed by atoms with Gasteiger partial charge in [0.2, 0.25) is 5.91 Å². The first-order valence-corrected chi connectivity index (χ1v) is 10.3. The van der Waals surface area contributed by atoms with Gasteiger partial charge in [-0.05, 0) is 49.7 Å². The second-order valence-corrected chi connectivity index (χ2v) is 7.63. The second kappa shape index (κ2) is 11.1. The molecule has 0 heterocycles. The number of amides is 2. The zero-order valence-corrected chi connectivity index (χ0v) is 18.9. The van der Waals surface area contributed by atoms with Gasteiger partial charge in [0.25, 0.3) is 5.91 Å². The van der Waals surface area contributed by atoms with Gasteiger partial charge in [-0.1, -0.05) is 39.7 Å². The Morgan fingerprint density at radius 1 is 1.21 bits per heavy atom. The summed E-state index contributed by atoms with van der Waals surface area (Å²) in [5, 5.41) is 3.15. The summed E-state index contributed by atoms with van der Waals surface area (Å²) in [7, 11) is 1.59. The fourth-order valence-corrected chi connectivity index (χ4v) is 3.37.